The molecule has 0 aromatic heterocycles. The van der Waals surface area contributed by atoms with Gasteiger partial charge < -0.3 is 25.4 Å². The Balaban J connectivity index is 1.59. The van der Waals surface area contributed by atoms with Gasteiger partial charge in [-0.1, -0.05) is 48.0 Å². The van der Waals surface area contributed by atoms with Gasteiger partial charge in [0.15, 0.2) is 11.5 Å². The number of carbonyl (C=O) groups is 2. The van der Waals surface area contributed by atoms with Gasteiger partial charge in [0.05, 0.1) is 18.7 Å². The molecule has 1 aliphatic heterocycles. The van der Waals surface area contributed by atoms with Crippen LogP contribution in [0.4, 0.5) is 10.5 Å². The maximum Gasteiger partial charge on any atom is 0.319 e. The maximum atomic E-state index is 13.1. The highest BCUT2D eigenvalue weighted by molar-refractivity contribution is 6.30. The third kappa shape index (κ3) is 5.32. The first kappa shape index (κ1) is 23.2. The standard InChI is InChI=1S/C26H24ClN3O4/c1-16-23(25(31)29-20-6-4-3-5-7-20)24(30-26(32)28-16)18-10-13-21(22(14-18)33-2)34-15-17-8-11-19(27)12-9-17/h3-14,24H,15H2,1-2H3,(H,29,31)(H2,28,30,32)/t24-/m0/s1. The summed E-state index contributed by atoms with van der Waals surface area (Å²) in [5.41, 5.74) is 3.18. The van der Waals surface area contributed by atoms with Crippen molar-refractivity contribution in [3.63, 3.8) is 0 Å². The van der Waals surface area contributed by atoms with E-state index in [1.807, 2.05) is 30.3 Å². The number of para-hydroxylation sites is 1. The van der Waals surface area contributed by atoms with Crippen LogP contribution in [0, 0.1) is 0 Å². The number of carbonyl (C=O) groups excluding carboxylic acids is 2. The predicted octanol–water partition coefficient (Wildman–Crippen LogP) is 5.19. The molecule has 0 fully saturated rings. The second kappa shape index (κ2) is 10.3. The average molecular weight is 478 g/mol. The molecule has 1 atom stereocenters. The zero-order chi connectivity index (χ0) is 24.1. The number of amides is 3. The number of benzene rings is 3. The number of rotatable bonds is 7. The third-order valence-corrected chi connectivity index (χ3v) is 5.63. The highest BCUT2D eigenvalue weighted by atomic mass is 35.5. The van der Waals surface area contributed by atoms with E-state index in [2.05, 4.69) is 16.0 Å². The minimum absolute atomic E-state index is 0.316. The van der Waals surface area contributed by atoms with Gasteiger partial charge in [0.25, 0.3) is 5.91 Å². The number of urea groups is 1. The summed E-state index contributed by atoms with van der Waals surface area (Å²) < 4.78 is 11.5. The summed E-state index contributed by atoms with van der Waals surface area (Å²) in [6.45, 7) is 2.03. The van der Waals surface area contributed by atoms with E-state index in [4.69, 9.17) is 21.1 Å². The molecule has 3 aromatic rings. The third-order valence-electron chi connectivity index (χ3n) is 5.37. The fourth-order valence-electron chi connectivity index (χ4n) is 3.69. The van der Waals surface area contributed by atoms with Crippen molar-refractivity contribution in [3.05, 3.63) is 100 Å². The molecule has 34 heavy (non-hydrogen) atoms. The molecule has 3 aromatic carbocycles. The first-order valence-corrected chi connectivity index (χ1v) is 11.0. The van der Waals surface area contributed by atoms with Crippen molar-refractivity contribution in [2.45, 2.75) is 19.6 Å². The van der Waals surface area contributed by atoms with E-state index in [-0.39, 0.29) is 11.9 Å². The van der Waals surface area contributed by atoms with Crippen LogP contribution in [0.25, 0.3) is 0 Å². The van der Waals surface area contributed by atoms with E-state index >= 15 is 0 Å². The average Bonchev–Trinajstić information content (AvgIpc) is 2.83. The van der Waals surface area contributed by atoms with Gasteiger partial charge in [0.1, 0.15) is 6.61 Å². The first-order chi connectivity index (χ1) is 16.4. The summed E-state index contributed by atoms with van der Waals surface area (Å²) in [5.74, 6) is 0.709. The summed E-state index contributed by atoms with van der Waals surface area (Å²) in [5, 5.41) is 9.06. The van der Waals surface area contributed by atoms with E-state index in [1.54, 1.807) is 56.5 Å². The van der Waals surface area contributed by atoms with Crippen LogP contribution in [0.15, 0.2) is 84.1 Å². The fourth-order valence-corrected chi connectivity index (χ4v) is 3.82. The van der Waals surface area contributed by atoms with Crippen molar-refractivity contribution < 1.29 is 19.1 Å². The summed E-state index contributed by atoms with van der Waals surface area (Å²) in [6, 6.07) is 20.8. The van der Waals surface area contributed by atoms with Crippen LogP contribution in [-0.4, -0.2) is 19.0 Å². The molecule has 4 rings (SSSR count). The molecule has 0 saturated carbocycles. The lowest BCUT2D eigenvalue weighted by Gasteiger charge is -2.29. The van der Waals surface area contributed by atoms with Crippen molar-refractivity contribution in [2.75, 3.05) is 12.4 Å². The summed E-state index contributed by atoms with van der Waals surface area (Å²) in [4.78, 5) is 25.4. The Labute approximate surface area is 202 Å². The topological polar surface area (TPSA) is 88.7 Å². The Morgan fingerprint density at radius 1 is 1.03 bits per heavy atom. The summed E-state index contributed by atoms with van der Waals surface area (Å²) in [7, 11) is 1.54. The Kier molecular flexibility index (Phi) is 7.04. The van der Waals surface area contributed by atoms with E-state index in [0.29, 0.717) is 45.6 Å². The number of hydrogen-bond acceptors (Lipinski definition) is 4. The van der Waals surface area contributed by atoms with E-state index < -0.39 is 6.04 Å². The summed E-state index contributed by atoms with van der Waals surface area (Å²) in [6.07, 6.45) is 0. The number of allylic oxidation sites excluding steroid dienone is 1. The monoisotopic (exact) mass is 477 g/mol. The molecule has 7 nitrogen and oxygen atoms in total. The van der Waals surface area contributed by atoms with Gasteiger partial charge in [-0.3, -0.25) is 4.79 Å². The highest BCUT2D eigenvalue weighted by Crippen LogP contribution is 2.35. The molecule has 0 aliphatic carbocycles. The van der Waals surface area contributed by atoms with Crippen LogP contribution >= 0.6 is 11.6 Å². The fraction of sp³-hybridized carbons (Fsp3) is 0.154. The molecule has 0 unspecified atom stereocenters. The molecule has 8 heteroatoms. The van der Waals surface area contributed by atoms with Gasteiger partial charge in [0, 0.05) is 16.4 Å². The summed E-state index contributed by atoms with van der Waals surface area (Å²) >= 11 is 5.94. The molecule has 0 spiro atoms. The van der Waals surface area contributed by atoms with Gasteiger partial charge >= 0.3 is 6.03 Å². The van der Waals surface area contributed by atoms with Crippen LogP contribution in [0.5, 0.6) is 11.5 Å². The van der Waals surface area contributed by atoms with Gasteiger partial charge in [-0.05, 0) is 54.4 Å². The largest absolute Gasteiger partial charge is 0.493 e. The lowest BCUT2D eigenvalue weighted by Crippen LogP contribution is -2.45. The molecule has 3 amide bonds. The van der Waals surface area contributed by atoms with Crippen LogP contribution in [-0.2, 0) is 11.4 Å². The number of hydrogen-bond donors (Lipinski definition) is 3. The van der Waals surface area contributed by atoms with Crippen LogP contribution in [0.3, 0.4) is 0 Å². The smallest absolute Gasteiger partial charge is 0.319 e. The molecule has 3 N–H and O–H groups in total. The Morgan fingerprint density at radius 2 is 1.76 bits per heavy atom. The molecular weight excluding hydrogens is 454 g/mol. The van der Waals surface area contributed by atoms with Crippen molar-refractivity contribution in [1.29, 1.82) is 0 Å². The maximum absolute atomic E-state index is 13.1. The predicted molar refractivity (Wildman–Crippen MR) is 131 cm³/mol. The highest BCUT2D eigenvalue weighted by Gasteiger charge is 2.31. The zero-order valence-electron chi connectivity index (χ0n) is 18.7. The Morgan fingerprint density at radius 3 is 2.47 bits per heavy atom. The van der Waals surface area contributed by atoms with Crippen LogP contribution in [0.2, 0.25) is 5.02 Å². The van der Waals surface area contributed by atoms with E-state index in [9.17, 15) is 9.59 Å². The lowest BCUT2D eigenvalue weighted by molar-refractivity contribution is -0.113. The number of ether oxygens (including phenoxy) is 2. The zero-order valence-corrected chi connectivity index (χ0v) is 19.5. The van der Waals surface area contributed by atoms with Gasteiger partial charge in [-0.2, -0.15) is 0 Å². The van der Waals surface area contributed by atoms with Gasteiger partial charge in [0.2, 0.25) is 0 Å². The molecule has 0 saturated heterocycles. The second-order valence-electron chi connectivity index (χ2n) is 7.72. The van der Waals surface area contributed by atoms with Crippen molar-refractivity contribution in [3.8, 4) is 11.5 Å². The molecule has 1 heterocycles. The minimum atomic E-state index is -0.670. The Bertz CT molecular complexity index is 1230. The number of methoxy groups -OCH3 is 1. The number of anilines is 1. The van der Waals surface area contributed by atoms with E-state index in [0.717, 1.165) is 5.56 Å². The quantitative estimate of drug-likeness (QED) is 0.436. The second-order valence-corrected chi connectivity index (χ2v) is 8.15. The Hall–Kier alpha value is -3.97. The van der Waals surface area contributed by atoms with Crippen LogP contribution < -0.4 is 25.4 Å². The lowest BCUT2D eigenvalue weighted by atomic mass is 9.94. The number of halogens is 1. The number of nitrogens with one attached hydrogen (secondary N) is 3. The first-order valence-electron chi connectivity index (χ1n) is 10.6. The minimum Gasteiger partial charge on any atom is -0.493 e. The molecular formula is C26H24ClN3O4. The molecule has 174 valence electrons. The SMILES string of the molecule is COc1cc([C@@H]2NC(=O)NC(C)=C2C(=O)Nc2ccccc2)ccc1OCc1ccc(Cl)cc1. The van der Waals surface area contributed by atoms with E-state index in [1.165, 1.54) is 0 Å². The van der Waals surface area contributed by atoms with Crippen molar-refractivity contribution in [2.24, 2.45) is 0 Å². The van der Waals surface area contributed by atoms with Crippen LogP contribution in [0.1, 0.15) is 24.1 Å². The van der Waals surface area contributed by atoms with Crippen molar-refractivity contribution in [1.82, 2.24) is 10.6 Å². The molecule has 0 bridgehead atoms. The van der Waals surface area contributed by atoms with Gasteiger partial charge in [-0.25, -0.2) is 4.79 Å². The van der Waals surface area contributed by atoms with Crippen molar-refractivity contribution >= 4 is 29.2 Å². The van der Waals surface area contributed by atoms with Gasteiger partial charge in [-0.15, -0.1) is 0 Å². The molecule has 1 aliphatic rings. The normalized spacial score (nSPS) is 15.3. The molecule has 0 radical (unpaired) electrons.